The van der Waals surface area contributed by atoms with Gasteiger partial charge in [-0.1, -0.05) is 44.2 Å². The first-order chi connectivity index (χ1) is 10.8. The molecule has 0 heterocycles. The first-order valence-electron chi connectivity index (χ1n) is 8.61. The third-order valence-electron chi connectivity index (χ3n) is 4.64. The molecule has 1 aromatic carbocycles. The summed E-state index contributed by atoms with van der Waals surface area (Å²) in [6.07, 6.45) is 9.76. The number of ether oxygens (including phenoxy) is 1. The number of benzene rings is 1. The Balaban J connectivity index is 1.77. The van der Waals surface area contributed by atoms with Gasteiger partial charge in [-0.2, -0.15) is 0 Å². The SMILES string of the molecule is CCC=C(C=O)C1CCC(OCc2ccc(CC)cc2)CC1. The average Bonchev–Trinajstić information content (AvgIpc) is 2.59. The smallest absolute Gasteiger partial charge is 0.145 e. The lowest BCUT2D eigenvalue weighted by molar-refractivity contribution is -0.105. The van der Waals surface area contributed by atoms with Crippen LogP contribution >= 0.6 is 0 Å². The number of aldehydes is 1. The first kappa shape index (κ1) is 17.0. The van der Waals surface area contributed by atoms with E-state index in [-0.39, 0.29) is 0 Å². The molecule has 1 aliphatic rings. The predicted molar refractivity (Wildman–Crippen MR) is 90.8 cm³/mol. The number of carbonyl (C=O) groups is 1. The molecule has 0 bridgehead atoms. The summed E-state index contributed by atoms with van der Waals surface area (Å²) in [5, 5.41) is 0. The second kappa shape index (κ2) is 8.89. The summed E-state index contributed by atoms with van der Waals surface area (Å²) in [5.41, 5.74) is 3.61. The molecule has 0 amide bonds. The fourth-order valence-corrected chi connectivity index (χ4v) is 3.19. The maximum atomic E-state index is 11.1. The van der Waals surface area contributed by atoms with Crippen LogP contribution in [0.5, 0.6) is 0 Å². The van der Waals surface area contributed by atoms with Crippen LogP contribution in [0.25, 0.3) is 0 Å². The lowest BCUT2D eigenvalue weighted by Gasteiger charge is -2.28. The summed E-state index contributed by atoms with van der Waals surface area (Å²) < 4.78 is 6.06. The van der Waals surface area contributed by atoms with E-state index in [1.165, 1.54) is 11.1 Å². The van der Waals surface area contributed by atoms with E-state index in [9.17, 15) is 4.79 Å². The van der Waals surface area contributed by atoms with Crippen LogP contribution in [-0.4, -0.2) is 12.4 Å². The molecule has 0 saturated heterocycles. The Bertz CT molecular complexity index is 479. The van der Waals surface area contributed by atoms with Crippen molar-refractivity contribution >= 4 is 6.29 Å². The lowest BCUT2D eigenvalue weighted by Crippen LogP contribution is -2.23. The van der Waals surface area contributed by atoms with Crippen LogP contribution in [0.1, 0.15) is 57.1 Å². The second-order valence-corrected chi connectivity index (χ2v) is 6.18. The number of hydrogen-bond donors (Lipinski definition) is 0. The van der Waals surface area contributed by atoms with Crippen LogP contribution in [0.15, 0.2) is 35.9 Å². The van der Waals surface area contributed by atoms with Crippen molar-refractivity contribution in [2.45, 2.75) is 65.1 Å². The minimum Gasteiger partial charge on any atom is -0.374 e. The van der Waals surface area contributed by atoms with Gasteiger partial charge < -0.3 is 4.74 Å². The van der Waals surface area contributed by atoms with Gasteiger partial charge in [0.25, 0.3) is 0 Å². The van der Waals surface area contributed by atoms with Gasteiger partial charge in [0.15, 0.2) is 0 Å². The topological polar surface area (TPSA) is 26.3 Å². The van der Waals surface area contributed by atoms with Crippen molar-refractivity contribution in [2.75, 3.05) is 0 Å². The molecule has 22 heavy (non-hydrogen) atoms. The predicted octanol–water partition coefficient (Wildman–Crippen LogP) is 4.86. The van der Waals surface area contributed by atoms with Gasteiger partial charge in [-0.3, -0.25) is 4.79 Å². The van der Waals surface area contributed by atoms with Crippen molar-refractivity contribution < 1.29 is 9.53 Å². The van der Waals surface area contributed by atoms with Crippen molar-refractivity contribution in [2.24, 2.45) is 5.92 Å². The molecule has 1 aliphatic carbocycles. The van der Waals surface area contributed by atoms with Gasteiger partial charge >= 0.3 is 0 Å². The van der Waals surface area contributed by atoms with Gasteiger partial charge in [-0.15, -0.1) is 0 Å². The molecule has 0 atom stereocenters. The highest BCUT2D eigenvalue weighted by molar-refractivity contribution is 5.73. The normalized spacial score (nSPS) is 22.5. The Hall–Kier alpha value is -1.41. The molecular weight excluding hydrogens is 272 g/mol. The maximum absolute atomic E-state index is 11.1. The molecule has 0 radical (unpaired) electrons. The zero-order valence-electron chi connectivity index (χ0n) is 13.9. The molecule has 0 aliphatic heterocycles. The lowest BCUT2D eigenvalue weighted by atomic mass is 9.82. The largest absolute Gasteiger partial charge is 0.374 e. The van der Waals surface area contributed by atoms with Crippen molar-refractivity contribution in [3.8, 4) is 0 Å². The van der Waals surface area contributed by atoms with Gasteiger partial charge in [0.1, 0.15) is 6.29 Å². The zero-order chi connectivity index (χ0) is 15.8. The molecule has 0 unspecified atom stereocenters. The van der Waals surface area contributed by atoms with Crippen LogP contribution in [-0.2, 0) is 22.6 Å². The molecule has 1 fully saturated rings. The monoisotopic (exact) mass is 300 g/mol. The molecule has 2 nitrogen and oxygen atoms in total. The van der Waals surface area contributed by atoms with E-state index >= 15 is 0 Å². The van der Waals surface area contributed by atoms with E-state index in [2.05, 4.69) is 44.2 Å². The summed E-state index contributed by atoms with van der Waals surface area (Å²) in [7, 11) is 0. The number of rotatable bonds is 7. The Morgan fingerprint density at radius 3 is 2.27 bits per heavy atom. The van der Waals surface area contributed by atoms with Crippen LogP contribution in [0.4, 0.5) is 0 Å². The molecule has 120 valence electrons. The summed E-state index contributed by atoms with van der Waals surface area (Å²) in [6, 6.07) is 8.70. The summed E-state index contributed by atoms with van der Waals surface area (Å²) in [4.78, 5) is 11.1. The minimum atomic E-state index is 0.344. The van der Waals surface area contributed by atoms with E-state index in [4.69, 9.17) is 4.74 Å². The zero-order valence-corrected chi connectivity index (χ0v) is 13.9. The highest BCUT2D eigenvalue weighted by atomic mass is 16.5. The van der Waals surface area contributed by atoms with Crippen LogP contribution in [0.3, 0.4) is 0 Å². The van der Waals surface area contributed by atoms with Crippen LogP contribution < -0.4 is 0 Å². The second-order valence-electron chi connectivity index (χ2n) is 6.18. The molecule has 0 aromatic heterocycles. The number of carbonyl (C=O) groups excluding carboxylic acids is 1. The van der Waals surface area contributed by atoms with Gasteiger partial charge in [0, 0.05) is 0 Å². The molecular formula is C20H28O2. The van der Waals surface area contributed by atoms with Gasteiger partial charge in [-0.25, -0.2) is 0 Å². The average molecular weight is 300 g/mol. The quantitative estimate of drug-likeness (QED) is 0.531. The van der Waals surface area contributed by atoms with Crippen molar-refractivity contribution in [3.63, 3.8) is 0 Å². The van der Waals surface area contributed by atoms with E-state index in [1.54, 1.807) is 0 Å². The van der Waals surface area contributed by atoms with Gasteiger partial charge in [-0.05, 0) is 61.1 Å². The van der Waals surface area contributed by atoms with Crippen molar-refractivity contribution in [1.29, 1.82) is 0 Å². The van der Waals surface area contributed by atoms with Crippen molar-refractivity contribution in [1.82, 2.24) is 0 Å². The van der Waals surface area contributed by atoms with Crippen LogP contribution in [0, 0.1) is 5.92 Å². The highest BCUT2D eigenvalue weighted by Gasteiger charge is 2.23. The summed E-state index contributed by atoms with van der Waals surface area (Å²) in [5.74, 6) is 0.445. The standard InChI is InChI=1S/C20H28O2/c1-3-5-19(14-21)18-10-12-20(13-11-18)22-15-17-8-6-16(4-2)7-9-17/h5-9,14,18,20H,3-4,10-13,15H2,1-2H3. The minimum absolute atomic E-state index is 0.344. The first-order valence-corrected chi connectivity index (χ1v) is 8.61. The number of aryl methyl sites for hydroxylation is 1. The fourth-order valence-electron chi connectivity index (χ4n) is 3.19. The Labute approximate surface area is 134 Å². The molecule has 2 rings (SSSR count). The molecule has 1 saturated carbocycles. The molecule has 0 spiro atoms. The summed E-state index contributed by atoms with van der Waals surface area (Å²) >= 11 is 0. The number of allylic oxidation sites excluding steroid dienone is 2. The van der Waals surface area contributed by atoms with Gasteiger partial charge in [0.2, 0.25) is 0 Å². The Kier molecular flexibility index (Phi) is 6.85. The molecule has 1 aromatic rings. The van der Waals surface area contributed by atoms with Crippen LogP contribution in [0.2, 0.25) is 0 Å². The highest BCUT2D eigenvalue weighted by Crippen LogP contribution is 2.31. The van der Waals surface area contributed by atoms with E-state index in [1.807, 2.05) is 0 Å². The molecule has 2 heteroatoms. The Morgan fingerprint density at radius 1 is 1.09 bits per heavy atom. The maximum Gasteiger partial charge on any atom is 0.145 e. The summed E-state index contributed by atoms with van der Waals surface area (Å²) in [6.45, 7) is 4.96. The molecule has 0 N–H and O–H groups in total. The third-order valence-corrected chi connectivity index (χ3v) is 4.64. The van der Waals surface area contributed by atoms with E-state index in [0.29, 0.717) is 18.6 Å². The van der Waals surface area contributed by atoms with Gasteiger partial charge in [0.05, 0.1) is 12.7 Å². The number of hydrogen-bond acceptors (Lipinski definition) is 2. The Morgan fingerprint density at radius 2 is 1.73 bits per heavy atom. The van der Waals surface area contributed by atoms with Crippen molar-refractivity contribution in [3.05, 3.63) is 47.0 Å². The van der Waals surface area contributed by atoms with E-state index < -0.39 is 0 Å². The van der Waals surface area contributed by atoms with E-state index in [0.717, 1.165) is 50.4 Å². The third kappa shape index (κ3) is 4.81. The fraction of sp³-hybridized carbons (Fsp3) is 0.550.